The first kappa shape index (κ1) is 21.1. The highest BCUT2D eigenvalue weighted by Gasteiger charge is 2.36. The number of halogens is 2. The molecule has 0 aliphatic carbocycles. The number of hydrogen-bond donors (Lipinski definition) is 0. The van der Waals surface area contributed by atoms with Crippen LogP contribution in [0.5, 0.6) is 0 Å². The van der Waals surface area contributed by atoms with Gasteiger partial charge in [-0.25, -0.2) is 0 Å². The largest absolute Gasteiger partial charge is 0.332 e. The van der Waals surface area contributed by atoms with E-state index in [4.69, 9.17) is 23.2 Å². The maximum Gasteiger partial charge on any atom is 0.259 e. The molecule has 0 N–H and O–H groups in total. The van der Waals surface area contributed by atoms with Gasteiger partial charge in [0.15, 0.2) is 4.33 Å². The Morgan fingerprint density at radius 1 is 1.12 bits per heavy atom. The van der Waals surface area contributed by atoms with Gasteiger partial charge < -0.3 is 4.90 Å². The van der Waals surface area contributed by atoms with Crippen molar-refractivity contribution in [1.82, 2.24) is 4.90 Å². The maximum absolute atomic E-state index is 12.9. The standard InChI is InChI=1S/C20H29Cl2NO/c1-4-5-6-10-14-20(21,22)19(24)23(15-13-17(2)3)16-18-11-8-7-9-12-18/h7-9,11-13H,4-6,10,14-16H2,1-3H3. The molecule has 0 bridgehead atoms. The minimum Gasteiger partial charge on any atom is -0.332 e. The minimum atomic E-state index is -1.35. The first-order valence-corrected chi connectivity index (χ1v) is 9.47. The summed E-state index contributed by atoms with van der Waals surface area (Å²) in [4.78, 5) is 14.6. The second kappa shape index (κ2) is 10.8. The van der Waals surface area contributed by atoms with Crippen molar-refractivity contribution < 1.29 is 4.79 Å². The summed E-state index contributed by atoms with van der Waals surface area (Å²) in [7, 11) is 0. The molecule has 4 heteroatoms. The molecule has 0 atom stereocenters. The van der Waals surface area contributed by atoms with Crippen molar-refractivity contribution >= 4 is 29.1 Å². The van der Waals surface area contributed by atoms with Crippen LogP contribution in [0, 0.1) is 0 Å². The molecular weight excluding hydrogens is 341 g/mol. The second-order valence-corrected chi connectivity index (χ2v) is 7.95. The van der Waals surface area contributed by atoms with E-state index in [1.165, 1.54) is 5.57 Å². The van der Waals surface area contributed by atoms with E-state index >= 15 is 0 Å². The van der Waals surface area contributed by atoms with Crippen LogP contribution in [0.4, 0.5) is 0 Å². The van der Waals surface area contributed by atoms with Crippen LogP contribution in [-0.2, 0) is 11.3 Å². The summed E-state index contributed by atoms with van der Waals surface area (Å²) in [5.74, 6) is -0.205. The molecule has 2 nitrogen and oxygen atoms in total. The Morgan fingerprint density at radius 3 is 2.38 bits per heavy atom. The average molecular weight is 370 g/mol. The predicted octanol–water partition coefficient (Wildman–Crippen LogP) is 6.13. The number of allylic oxidation sites excluding steroid dienone is 1. The summed E-state index contributed by atoms with van der Waals surface area (Å²) in [6, 6.07) is 9.92. The molecule has 0 heterocycles. The van der Waals surface area contributed by atoms with Crippen LogP contribution in [-0.4, -0.2) is 21.7 Å². The van der Waals surface area contributed by atoms with E-state index in [2.05, 4.69) is 6.92 Å². The summed E-state index contributed by atoms with van der Waals surface area (Å²) in [6.45, 7) is 7.22. The molecule has 1 aromatic carbocycles. The third kappa shape index (κ3) is 7.72. The van der Waals surface area contributed by atoms with Gasteiger partial charge in [-0.15, -0.1) is 0 Å². The van der Waals surface area contributed by atoms with E-state index in [1.54, 1.807) is 4.90 Å². The summed E-state index contributed by atoms with van der Waals surface area (Å²) in [6.07, 6.45) is 6.73. The molecule has 0 aliphatic heterocycles. The Labute approximate surface area is 156 Å². The zero-order valence-electron chi connectivity index (χ0n) is 15.0. The Bertz CT molecular complexity index is 522. The zero-order chi connectivity index (χ0) is 18.0. The van der Waals surface area contributed by atoms with Crippen molar-refractivity contribution in [2.75, 3.05) is 6.54 Å². The number of nitrogens with zero attached hydrogens (tertiary/aromatic N) is 1. The van der Waals surface area contributed by atoms with Gasteiger partial charge in [-0.3, -0.25) is 4.79 Å². The van der Waals surface area contributed by atoms with Crippen molar-refractivity contribution in [3.8, 4) is 0 Å². The monoisotopic (exact) mass is 369 g/mol. The predicted molar refractivity (Wildman–Crippen MR) is 104 cm³/mol. The lowest BCUT2D eigenvalue weighted by molar-refractivity contribution is -0.132. The number of carbonyl (C=O) groups is 1. The van der Waals surface area contributed by atoms with Crippen LogP contribution in [0.15, 0.2) is 42.0 Å². The van der Waals surface area contributed by atoms with Crippen molar-refractivity contribution in [3.05, 3.63) is 47.5 Å². The van der Waals surface area contributed by atoms with Crippen LogP contribution in [0.2, 0.25) is 0 Å². The lowest BCUT2D eigenvalue weighted by Gasteiger charge is -2.28. The number of alkyl halides is 2. The fraction of sp³-hybridized carbons (Fsp3) is 0.550. The lowest BCUT2D eigenvalue weighted by Crippen LogP contribution is -2.42. The minimum absolute atomic E-state index is 0.205. The van der Waals surface area contributed by atoms with Gasteiger partial charge in [-0.2, -0.15) is 0 Å². The number of rotatable bonds is 10. The van der Waals surface area contributed by atoms with Crippen molar-refractivity contribution in [2.24, 2.45) is 0 Å². The molecule has 0 aliphatic rings. The molecule has 0 aromatic heterocycles. The topological polar surface area (TPSA) is 20.3 Å². The Balaban J connectivity index is 2.79. The van der Waals surface area contributed by atoms with Gasteiger partial charge in [0.05, 0.1) is 0 Å². The lowest BCUT2D eigenvalue weighted by atomic mass is 10.1. The van der Waals surface area contributed by atoms with Crippen molar-refractivity contribution in [3.63, 3.8) is 0 Å². The van der Waals surface area contributed by atoms with E-state index < -0.39 is 4.33 Å². The van der Waals surface area contributed by atoms with Gasteiger partial charge in [0.2, 0.25) is 0 Å². The van der Waals surface area contributed by atoms with Gasteiger partial charge in [0.1, 0.15) is 0 Å². The Kier molecular flexibility index (Phi) is 9.46. The fourth-order valence-electron chi connectivity index (χ4n) is 2.43. The quantitative estimate of drug-likeness (QED) is 0.276. The molecule has 0 saturated heterocycles. The number of unbranched alkanes of at least 4 members (excludes halogenated alkanes) is 3. The third-order valence-electron chi connectivity index (χ3n) is 3.88. The van der Waals surface area contributed by atoms with Crippen LogP contribution in [0.1, 0.15) is 58.4 Å². The summed E-state index contributed by atoms with van der Waals surface area (Å²) < 4.78 is -1.35. The summed E-state index contributed by atoms with van der Waals surface area (Å²) >= 11 is 12.8. The first-order valence-electron chi connectivity index (χ1n) is 8.71. The highest BCUT2D eigenvalue weighted by atomic mass is 35.5. The van der Waals surface area contributed by atoms with Crippen LogP contribution in [0.3, 0.4) is 0 Å². The Morgan fingerprint density at radius 2 is 1.79 bits per heavy atom. The number of amides is 1. The van der Waals surface area contributed by atoms with Gasteiger partial charge >= 0.3 is 0 Å². The molecule has 134 valence electrons. The van der Waals surface area contributed by atoms with Gasteiger partial charge in [-0.05, 0) is 32.3 Å². The smallest absolute Gasteiger partial charge is 0.259 e. The van der Waals surface area contributed by atoms with Gasteiger partial charge in [0, 0.05) is 13.1 Å². The Hall–Kier alpha value is -0.990. The SMILES string of the molecule is CCCCCCC(Cl)(Cl)C(=O)N(CC=C(C)C)Cc1ccccc1. The number of hydrogen-bond acceptors (Lipinski definition) is 1. The molecule has 0 fully saturated rings. The van der Waals surface area contributed by atoms with E-state index in [0.717, 1.165) is 31.2 Å². The maximum atomic E-state index is 12.9. The molecule has 0 radical (unpaired) electrons. The van der Waals surface area contributed by atoms with Crippen molar-refractivity contribution in [1.29, 1.82) is 0 Å². The molecule has 0 spiro atoms. The fourth-order valence-corrected chi connectivity index (χ4v) is 2.93. The molecule has 0 unspecified atom stereocenters. The van der Waals surface area contributed by atoms with Crippen molar-refractivity contribution in [2.45, 2.75) is 63.8 Å². The molecule has 0 saturated carbocycles. The number of benzene rings is 1. The van der Waals surface area contributed by atoms with Crippen LogP contribution >= 0.6 is 23.2 Å². The highest BCUT2D eigenvalue weighted by Crippen LogP contribution is 2.31. The van der Waals surface area contributed by atoms with Crippen LogP contribution < -0.4 is 0 Å². The third-order valence-corrected chi connectivity index (χ3v) is 4.58. The molecule has 24 heavy (non-hydrogen) atoms. The van der Waals surface area contributed by atoms with E-state index in [0.29, 0.717) is 19.5 Å². The molecule has 1 amide bonds. The molecular formula is C20H29Cl2NO. The second-order valence-electron chi connectivity index (χ2n) is 6.47. The van der Waals surface area contributed by atoms with E-state index in [9.17, 15) is 4.79 Å². The van der Waals surface area contributed by atoms with Gasteiger partial charge in [-0.1, -0.05) is 91.4 Å². The summed E-state index contributed by atoms with van der Waals surface area (Å²) in [5, 5.41) is 0. The van der Waals surface area contributed by atoms with Gasteiger partial charge in [0.25, 0.3) is 5.91 Å². The number of carbonyl (C=O) groups excluding carboxylic acids is 1. The average Bonchev–Trinajstić information content (AvgIpc) is 2.55. The van der Waals surface area contributed by atoms with Crippen LogP contribution in [0.25, 0.3) is 0 Å². The molecule has 1 rings (SSSR count). The normalized spacial score (nSPS) is 11.2. The molecule has 1 aromatic rings. The first-order chi connectivity index (χ1) is 11.4. The zero-order valence-corrected chi connectivity index (χ0v) is 16.5. The highest BCUT2D eigenvalue weighted by molar-refractivity contribution is 6.58. The van der Waals surface area contributed by atoms with E-state index in [1.807, 2.05) is 50.3 Å². The van der Waals surface area contributed by atoms with E-state index in [-0.39, 0.29) is 5.91 Å². The summed E-state index contributed by atoms with van der Waals surface area (Å²) in [5.41, 5.74) is 2.24.